The molecule has 10 nitrogen and oxygen atoms in total. The lowest BCUT2D eigenvalue weighted by atomic mass is 9.88. The smallest absolute Gasteiger partial charge is 0.339 e. The van der Waals surface area contributed by atoms with Gasteiger partial charge in [-0.05, 0) is 42.9 Å². The zero-order valence-electron chi connectivity index (χ0n) is 27.7. The predicted molar refractivity (Wildman–Crippen MR) is 185 cm³/mol. The fourth-order valence-electron chi connectivity index (χ4n) is 7.16. The highest BCUT2D eigenvalue weighted by Gasteiger charge is 2.55. The van der Waals surface area contributed by atoms with Crippen molar-refractivity contribution in [2.45, 2.75) is 68.4 Å². The molecule has 2 heterocycles. The number of aliphatic hydroxyl groups excluding tert-OH is 1. The average Bonchev–Trinajstić information content (AvgIpc) is 3.82. The topological polar surface area (TPSA) is 136 Å². The molecule has 3 fully saturated rings. The second kappa shape index (κ2) is 15.1. The first-order chi connectivity index (χ1) is 24.4. The summed E-state index contributed by atoms with van der Waals surface area (Å²) in [5, 5.41) is 14.3. The second-order valence-corrected chi connectivity index (χ2v) is 13.2. The Bertz CT molecular complexity index is 1700. The lowest BCUT2D eigenvalue weighted by Gasteiger charge is -2.31. The van der Waals surface area contributed by atoms with Crippen molar-refractivity contribution >= 4 is 23.9 Å². The first-order valence-electron chi connectivity index (χ1n) is 17.4. The Labute approximate surface area is 291 Å². The SMILES string of the molecule is O=C(CCNC(=O)C1=C[C@H]2OC(c3ccccc3)(c3ccccc3)O[C@H]2[C@H](OC(=O)c2ccccc2C=CC2CCC3OC3C2)C1)NCCO. The minimum Gasteiger partial charge on any atom is -0.456 e. The van der Waals surface area contributed by atoms with E-state index < -0.39 is 36.0 Å². The number of carbonyl (C=O) groups is 3. The van der Waals surface area contributed by atoms with Crippen molar-refractivity contribution in [3.63, 3.8) is 0 Å². The zero-order valence-corrected chi connectivity index (χ0v) is 27.7. The normalized spacial score (nSPS) is 26.3. The molecule has 3 unspecified atom stereocenters. The van der Waals surface area contributed by atoms with Crippen LogP contribution in [0.25, 0.3) is 6.08 Å². The maximum Gasteiger partial charge on any atom is 0.339 e. The maximum atomic E-state index is 14.0. The fraction of sp³-hybridized carbons (Fsp3) is 0.375. The van der Waals surface area contributed by atoms with Crippen LogP contribution in [0, 0.1) is 5.92 Å². The highest BCUT2D eigenvalue weighted by molar-refractivity contribution is 5.95. The van der Waals surface area contributed by atoms with Crippen molar-refractivity contribution in [2.24, 2.45) is 5.92 Å². The third-order valence-electron chi connectivity index (χ3n) is 9.78. The third kappa shape index (κ3) is 7.44. The number of rotatable bonds is 12. The van der Waals surface area contributed by atoms with Crippen molar-refractivity contribution in [3.8, 4) is 0 Å². The number of benzene rings is 3. The van der Waals surface area contributed by atoms with Crippen molar-refractivity contribution in [1.82, 2.24) is 10.6 Å². The molecule has 4 aliphatic rings. The number of allylic oxidation sites excluding steroid dienone is 1. The van der Waals surface area contributed by atoms with E-state index in [0.717, 1.165) is 36.0 Å². The molecule has 7 rings (SSSR count). The van der Waals surface area contributed by atoms with Gasteiger partial charge in [0.2, 0.25) is 17.6 Å². The summed E-state index contributed by atoms with van der Waals surface area (Å²) >= 11 is 0. The van der Waals surface area contributed by atoms with Crippen LogP contribution in [0.3, 0.4) is 0 Å². The Morgan fingerprint density at radius 3 is 2.30 bits per heavy atom. The van der Waals surface area contributed by atoms with E-state index >= 15 is 0 Å². The first-order valence-corrected chi connectivity index (χ1v) is 17.4. The zero-order chi connectivity index (χ0) is 34.5. The number of aliphatic hydroxyl groups is 1. The molecule has 260 valence electrons. The fourth-order valence-corrected chi connectivity index (χ4v) is 7.16. The van der Waals surface area contributed by atoms with Crippen LogP contribution < -0.4 is 10.6 Å². The summed E-state index contributed by atoms with van der Waals surface area (Å²) in [5.41, 5.74) is 3.07. The molecule has 1 saturated carbocycles. The van der Waals surface area contributed by atoms with Crippen LogP contribution in [-0.4, -0.2) is 73.1 Å². The molecular formula is C40H42N2O8. The van der Waals surface area contributed by atoms with E-state index in [9.17, 15) is 14.4 Å². The Morgan fingerprint density at radius 2 is 1.58 bits per heavy atom. The van der Waals surface area contributed by atoms with Gasteiger partial charge in [-0.2, -0.15) is 0 Å². The van der Waals surface area contributed by atoms with E-state index in [4.69, 9.17) is 24.1 Å². The molecule has 2 aliphatic carbocycles. The molecule has 0 radical (unpaired) electrons. The van der Waals surface area contributed by atoms with Crippen LogP contribution in [0.15, 0.2) is 103 Å². The van der Waals surface area contributed by atoms with Crippen LogP contribution in [0.5, 0.6) is 0 Å². The standard InChI is InChI=1S/C40H42N2O8/c43-22-21-41-36(44)19-20-42-38(45)28-24-34(48-39(46)31-14-8-7-9-27(31)17-15-26-16-18-32-33(23-26)47-32)37-35(25-28)49-40(50-37,29-10-3-1-4-11-29)30-12-5-2-6-13-30/h1-15,17,25-26,32-35,37,43H,16,18-24H2,(H,41,44)(H,42,45)/t26?,32?,33?,34-,35-,37+/m1/s1. The summed E-state index contributed by atoms with van der Waals surface area (Å²) in [6, 6.07) is 26.5. The van der Waals surface area contributed by atoms with E-state index in [2.05, 4.69) is 16.7 Å². The van der Waals surface area contributed by atoms with Crippen molar-refractivity contribution < 1.29 is 38.4 Å². The number of carbonyl (C=O) groups excluding carboxylic acids is 3. The number of ether oxygens (including phenoxy) is 4. The Hall–Kier alpha value is -4.61. The lowest BCUT2D eigenvalue weighted by molar-refractivity contribution is -0.157. The van der Waals surface area contributed by atoms with Gasteiger partial charge in [0.25, 0.3) is 0 Å². The van der Waals surface area contributed by atoms with Gasteiger partial charge in [-0.25, -0.2) is 4.79 Å². The van der Waals surface area contributed by atoms with Gasteiger partial charge >= 0.3 is 5.97 Å². The molecule has 0 bridgehead atoms. The van der Waals surface area contributed by atoms with E-state index in [1.54, 1.807) is 18.2 Å². The van der Waals surface area contributed by atoms with Gasteiger partial charge in [0.05, 0.1) is 24.4 Å². The summed E-state index contributed by atoms with van der Waals surface area (Å²) in [6.07, 6.45) is 7.59. The number of nitrogens with one attached hydrogen (secondary N) is 2. The van der Waals surface area contributed by atoms with E-state index in [1.165, 1.54) is 0 Å². The molecule has 6 atom stereocenters. The van der Waals surface area contributed by atoms with E-state index in [0.29, 0.717) is 29.3 Å². The van der Waals surface area contributed by atoms with Gasteiger partial charge in [-0.3, -0.25) is 9.59 Å². The number of hydrogen-bond acceptors (Lipinski definition) is 8. The molecule has 2 aliphatic heterocycles. The first kappa shape index (κ1) is 33.9. The minimum atomic E-state index is -1.32. The second-order valence-electron chi connectivity index (χ2n) is 13.2. The molecular weight excluding hydrogens is 636 g/mol. The minimum absolute atomic E-state index is 0.0493. The Kier molecular flexibility index (Phi) is 10.2. The molecule has 3 aromatic carbocycles. The number of amides is 2. The summed E-state index contributed by atoms with van der Waals surface area (Å²) in [7, 11) is 0. The quantitative estimate of drug-likeness (QED) is 0.189. The highest BCUT2D eigenvalue weighted by Crippen LogP contribution is 2.47. The van der Waals surface area contributed by atoms with Gasteiger partial charge < -0.3 is 34.7 Å². The largest absolute Gasteiger partial charge is 0.456 e. The average molecular weight is 679 g/mol. The van der Waals surface area contributed by atoms with Gasteiger partial charge in [0, 0.05) is 42.6 Å². The van der Waals surface area contributed by atoms with Crippen molar-refractivity contribution in [2.75, 3.05) is 19.7 Å². The molecule has 3 aromatic rings. The van der Waals surface area contributed by atoms with Crippen LogP contribution in [0.4, 0.5) is 0 Å². The maximum absolute atomic E-state index is 14.0. The molecule has 10 heteroatoms. The van der Waals surface area contributed by atoms with Gasteiger partial charge in [0.15, 0.2) is 0 Å². The summed E-state index contributed by atoms with van der Waals surface area (Å²) in [5.74, 6) is -2.13. The third-order valence-corrected chi connectivity index (χ3v) is 9.78. The van der Waals surface area contributed by atoms with Crippen LogP contribution in [-0.2, 0) is 34.3 Å². The van der Waals surface area contributed by atoms with E-state index in [-0.39, 0.29) is 38.4 Å². The molecule has 50 heavy (non-hydrogen) atoms. The molecule has 0 aromatic heterocycles. The van der Waals surface area contributed by atoms with Gasteiger partial charge in [-0.15, -0.1) is 0 Å². The highest BCUT2D eigenvalue weighted by atomic mass is 16.8. The van der Waals surface area contributed by atoms with Crippen LogP contribution in [0.1, 0.15) is 59.2 Å². The van der Waals surface area contributed by atoms with Crippen molar-refractivity contribution in [1.29, 1.82) is 0 Å². The van der Waals surface area contributed by atoms with Crippen molar-refractivity contribution in [3.05, 3.63) is 125 Å². The van der Waals surface area contributed by atoms with Gasteiger partial charge in [-0.1, -0.05) is 91.0 Å². The Balaban J connectivity index is 1.15. The number of hydrogen-bond donors (Lipinski definition) is 3. The van der Waals surface area contributed by atoms with Crippen LogP contribution in [0.2, 0.25) is 0 Å². The molecule has 2 amide bonds. The number of epoxide rings is 1. The summed E-state index contributed by atoms with van der Waals surface area (Å²) in [6.45, 7) is 0.0710. The number of fused-ring (bicyclic) bond motifs is 2. The Morgan fingerprint density at radius 1 is 0.860 bits per heavy atom. The molecule has 0 spiro atoms. The lowest BCUT2D eigenvalue weighted by Crippen LogP contribution is -2.44. The summed E-state index contributed by atoms with van der Waals surface area (Å²) < 4.78 is 25.6. The predicted octanol–water partition coefficient (Wildman–Crippen LogP) is 4.42. The molecule has 2 saturated heterocycles. The van der Waals surface area contributed by atoms with Gasteiger partial charge in [0.1, 0.15) is 18.3 Å². The monoisotopic (exact) mass is 678 g/mol. The summed E-state index contributed by atoms with van der Waals surface area (Å²) in [4.78, 5) is 39.5. The molecule has 3 N–H and O–H groups in total. The van der Waals surface area contributed by atoms with Crippen LogP contribution >= 0.6 is 0 Å². The van der Waals surface area contributed by atoms with E-state index in [1.807, 2.05) is 78.9 Å². The number of esters is 1.